The summed E-state index contributed by atoms with van der Waals surface area (Å²) in [5.41, 5.74) is 6.65. The molecular formula is C28H34O6. The van der Waals surface area contributed by atoms with E-state index in [9.17, 15) is 9.59 Å². The third-order valence-electron chi connectivity index (χ3n) is 5.37. The fraction of sp³-hybridized carbons (Fsp3) is 0.357. The zero-order valence-electron chi connectivity index (χ0n) is 21.0. The van der Waals surface area contributed by atoms with E-state index in [0.29, 0.717) is 22.3 Å². The second-order valence-corrected chi connectivity index (χ2v) is 8.29. The van der Waals surface area contributed by atoms with Crippen LogP contribution in [0.2, 0.25) is 0 Å². The molecule has 0 fully saturated rings. The van der Waals surface area contributed by atoms with Gasteiger partial charge in [-0.2, -0.15) is 0 Å². The van der Waals surface area contributed by atoms with Crippen LogP contribution >= 0.6 is 0 Å². The van der Waals surface area contributed by atoms with E-state index in [2.05, 4.69) is 13.2 Å². The SMILES string of the molecule is C=C(C)C(=O)c1c(COC)cc(-c2cc(COC)c(C(=O)C(=C)C)c(COC)c2)cc1COC. The maximum atomic E-state index is 13.0. The van der Waals surface area contributed by atoms with Crippen LogP contribution in [0.25, 0.3) is 11.1 Å². The highest BCUT2D eigenvalue weighted by Crippen LogP contribution is 2.32. The van der Waals surface area contributed by atoms with E-state index in [4.69, 9.17) is 18.9 Å². The molecule has 0 saturated heterocycles. The molecule has 0 aliphatic heterocycles. The van der Waals surface area contributed by atoms with Crippen molar-refractivity contribution in [3.05, 3.63) is 82.0 Å². The van der Waals surface area contributed by atoms with E-state index in [1.807, 2.05) is 24.3 Å². The van der Waals surface area contributed by atoms with Gasteiger partial charge in [0.15, 0.2) is 11.6 Å². The first-order chi connectivity index (χ1) is 16.2. The smallest absolute Gasteiger partial charge is 0.188 e. The molecule has 0 aliphatic carbocycles. The number of hydrogen-bond donors (Lipinski definition) is 0. The first-order valence-corrected chi connectivity index (χ1v) is 10.9. The number of ether oxygens (including phenoxy) is 4. The zero-order valence-corrected chi connectivity index (χ0v) is 21.0. The summed E-state index contributed by atoms with van der Waals surface area (Å²) < 4.78 is 21.6. The van der Waals surface area contributed by atoms with Crippen molar-refractivity contribution in [3.8, 4) is 11.1 Å². The zero-order chi connectivity index (χ0) is 25.4. The van der Waals surface area contributed by atoms with Crippen LogP contribution in [0.5, 0.6) is 0 Å². The summed E-state index contributed by atoms with van der Waals surface area (Å²) in [5, 5.41) is 0. The van der Waals surface area contributed by atoms with Crippen LogP contribution in [-0.2, 0) is 45.4 Å². The molecular weight excluding hydrogens is 432 g/mol. The molecule has 2 aromatic carbocycles. The number of carbonyl (C=O) groups is 2. The van der Waals surface area contributed by atoms with Crippen molar-refractivity contribution in [2.75, 3.05) is 28.4 Å². The fourth-order valence-electron chi connectivity index (χ4n) is 3.96. The third-order valence-corrected chi connectivity index (χ3v) is 5.37. The number of carbonyl (C=O) groups excluding carboxylic acids is 2. The normalized spacial score (nSPS) is 10.9. The van der Waals surface area contributed by atoms with Gasteiger partial charge in [0.05, 0.1) is 26.4 Å². The van der Waals surface area contributed by atoms with Crippen LogP contribution in [0.1, 0.15) is 56.8 Å². The van der Waals surface area contributed by atoms with Crippen LogP contribution in [0.4, 0.5) is 0 Å². The van der Waals surface area contributed by atoms with Crippen molar-refractivity contribution in [2.45, 2.75) is 40.3 Å². The molecule has 0 N–H and O–H groups in total. The van der Waals surface area contributed by atoms with Gasteiger partial charge in [0.25, 0.3) is 0 Å². The molecule has 2 rings (SSSR count). The molecule has 0 amide bonds. The largest absolute Gasteiger partial charge is 0.380 e. The summed E-state index contributed by atoms with van der Waals surface area (Å²) in [6.07, 6.45) is 0. The number of benzene rings is 2. The van der Waals surface area contributed by atoms with E-state index >= 15 is 0 Å². The molecule has 2 aromatic rings. The lowest BCUT2D eigenvalue weighted by Gasteiger charge is -2.19. The number of allylic oxidation sites excluding steroid dienone is 2. The van der Waals surface area contributed by atoms with Crippen molar-refractivity contribution in [1.82, 2.24) is 0 Å². The van der Waals surface area contributed by atoms with E-state index < -0.39 is 0 Å². The number of rotatable bonds is 13. The molecule has 0 radical (unpaired) electrons. The highest BCUT2D eigenvalue weighted by Gasteiger charge is 2.22. The Kier molecular flexibility index (Phi) is 10.1. The predicted octanol–water partition coefficient (Wildman–Crippen LogP) is 5.46. The average Bonchev–Trinajstić information content (AvgIpc) is 2.78. The maximum absolute atomic E-state index is 13.0. The molecule has 0 aliphatic rings. The Hall–Kier alpha value is -2.90. The number of ketones is 2. The lowest BCUT2D eigenvalue weighted by atomic mass is 9.87. The van der Waals surface area contributed by atoms with Gasteiger partial charge in [-0.05, 0) is 82.6 Å². The Morgan fingerprint density at radius 1 is 0.588 bits per heavy atom. The Morgan fingerprint density at radius 2 is 0.824 bits per heavy atom. The summed E-state index contributed by atoms with van der Waals surface area (Å²) in [5.74, 6) is -0.290. The number of methoxy groups -OCH3 is 4. The number of hydrogen-bond acceptors (Lipinski definition) is 6. The van der Waals surface area contributed by atoms with E-state index in [-0.39, 0.29) is 38.0 Å². The van der Waals surface area contributed by atoms with Crippen molar-refractivity contribution < 1.29 is 28.5 Å². The highest BCUT2D eigenvalue weighted by atomic mass is 16.5. The molecule has 0 bridgehead atoms. The van der Waals surface area contributed by atoms with Crippen LogP contribution in [0, 0.1) is 0 Å². The monoisotopic (exact) mass is 466 g/mol. The standard InChI is InChI=1S/C28H34O6/c1-17(2)27(29)25-21(13-31-5)9-19(10-22(25)14-32-6)20-11-23(15-33-7)26(28(30)18(3)4)24(12-20)16-34-8/h9-12H,1,3,13-16H2,2,4-8H3. The molecule has 34 heavy (non-hydrogen) atoms. The van der Waals surface area contributed by atoms with Gasteiger partial charge in [-0.25, -0.2) is 0 Å². The molecule has 182 valence electrons. The predicted molar refractivity (Wildman–Crippen MR) is 133 cm³/mol. The molecule has 0 unspecified atom stereocenters. The molecule has 0 aromatic heterocycles. The topological polar surface area (TPSA) is 71.1 Å². The van der Waals surface area contributed by atoms with Gasteiger partial charge >= 0.3 is 0 Å². The minimum absolute atomic E-state index is 0.145. The Balaban J connectivity index is 2.85. The summed E-state index contributed by atoms with van der Waals surface area (Å²) in [7, 11) is 6.35. The fourth-order valence-corrected chi connectivity index (χ4v) is 3.96. The summed E-state index contributed by atoms with van der Waals surface area (Å²) >= 11 is 0. The first kappa shape index (κ1) is 27.3. The van der Waals surface area contributed by atoms with Gasteiger partial charge in [0, 0.05) is 39.6 Å². The second kappa shape index (κ2) is 12.5. The Bertz CT molecular complexity index is 955. The minimum atomic E-state index is -0.145. The molecule has 0 spiro atoms. The molecule has 6 heteroatoms. The molecule has 6 nitrogen and oxygen atoms in total. The quantitative estimate of drug-likeness (QED) is 0.288. The van der Waals surface area contributed by atoms with Crippen molar-refractivity contribution in [2.24, 2.45) is 0 Å². The maximum Gasteiger partial charge on any atom is 0.188 e. The lowest BCUT2D eigenvalue weighted by Crippen LogP contribution is -2.12. The van der Waals surface area contributed by atoms with Crippen LogP contribution in [0.3, 0.4) is 0 Å². The van der Waals surface area contributed by atoms with E-state index in [1.54, 1.807) is 42.3 Å². The number of Topliss-reactive ketones (excluding diaryl/α,β-unsaturated/α-hetero) is 2. The lowest BCUT2D eigenvalue weighted by molar-refractivity contribution is 0.101. The minimum Gasteiger partial charge on any atom is -0.380 e. The molecule has 0 atom stereocenters. The van der Waals surface area contributed by atoms with Crippen molar-refractivity contribution >= 4 is 11.6 Å². The van der Waals surface area contributed by atoms with Crippen LogP contribution in [0.15, 0.2) is 48.6 Å². The Morgan fingerprint density at radius 3 is 1.00 bits per heavy atom. The second-order valence-electron chi connectivity index (χ2n) is 8.29. The molecule has 0 saturated carbocycles. The highest BCUT2D eigenvalue weighted by molar-refractivity contribution is 6.11. The van der Waals surface area contributed by atoms with Crippen LogP contribution < -0.4 is 0 Å². The van der Waals surface area contributed by atoms with E-state index in [1.165, 1.54) is 0 Å². The van der Waals surface area contributed by atoms with Gasteiger partial charge in [-0.3, -0.25) is 9.59 Å². The summed E-state index contributed by atoms with van der Waals surface area (Å²) in [4.78, 5) is 25.9. The molecule has 0 heterocycles. The first-order valence-electron chi connectivity index (χ1n) is 10.9. The van der Waals surface area contributed by atoms with Gasteiger partial charge in [-0.15, -0.1) is 0 Å². The van der Waals surface area contributed by atoms with Gasteiger partial charge in [0.2, 0.25) is 0 Å². The van der Waals surface area contributed by atoms with Gasteiger partial charge < -0.3 is 18.9 Å². The Labute approximate surface area is 202 Å². The summed E-state index contributed by atoms with van der Waals surface area (Å²) in [6.45, 7) is 12.0. The van der Waals surface area contributed by atoms with Crippen molar-refractivity contribution in [3.63, 3.8) is 0 Å². The summed E-state index contributed by atoms with van der Waals surface area (Å²) in [6, 6.07) is 7.73. The third kappa shape index (κ3) is 6.15. The van der Waals surface area contributed by atoms with Gasteiger partial charge in [0.1, 0.15) is 0 Å². The average molecular weight is 467 g/mol. The van der Waals surface area contributed by atoms with Gasteiger partial charge in [-0.1, -0.05) is 13.2 Å². The van der Waals surface area contributed by atoms with Crippen molar-refractivity contribution in [1.29, 1.82) is 0 Å². The van der Waals surface area contributed by atoms with Crippen LogP contribution in [-0.4, -0.2) is 40.0 Å². The van der Waals surface area contributed by atoms with E-state index in [0.717, 1.165) is 33.4 Å².